The third-order valence-electron chi connectivity index (χ3n) is 4.11. The molecule has 130 valence electrons. The minimum Gasteiger partial charge on any atom is -0.459 e. The third-order valence-corrected chi connectivity index (χ3v) is 4.92. The van der Waals surface area contributed by atoms with Crippen molar-refractivity contribution in [3.63, 3.8) is 0 Å². The molecule has 1 aliphatic heterocycles. The van der Waals surface area contributed by atoms with Crippen molar-refractivity contribution in [2.24, 2.45) is 0 Å². The van der Waals surface area contributed by atoms with Crippen molar-refractivity contribution in [1.29, 1.82) is 0 Å². The van der Waals surface area contributed by atoms with E-state index in [1.54, 1.807) is 12.1 Å². The molecule has 5 nitrogen and oxygen atoms in total. The van der Waals surface area contributed by atoms with E-state index < -0.39 is 0 Å². The monoisotopic (exact) mass is 375 g/mol. The van der Waals surface area contributed by atoms with Gasteiger partial charge in [-0.05, 0) is 29.7 Å². The van der Waals surface area contributed by atoms with Gasteiger partial charge in [-0.2, -0.15) is 0 Å². The summed E-state index contributed by atoms with van der Waals surface area (Å²) in [6.07, 6.45) is 2.55. The van der Waals surface area contributed by atoms with Crippen LogP contribution in [0.1, 0.15) is 27.4 Å². The summed E-state index contributed by atoms with van der Waals surface area (Å²) < 4.78 is 5.09. The lowest BCUT2D eigenvalue weighted by molar-refractivity contribution is 0.0996. The van der Waals surface area contributed by atoms with Crippen LogP contribution in [0.2, 0.25) is 0 Å². The van der Waals surface area contributed by atoms with Crippen LogP contribution in [0.5, 0.6) is 0 Å². The summed E-state index contributed by atoms with van der Waals surface area (Å²) in [7, 11) is 0. The second-order valence-electron chi connectivity index (χ2n) is 5.80. The second kappa shape index (κ2) is 7.82. The highest BCUT2D eigenvalue weighted by atomic mass is 35.5. The normalized spacial score (nSPS) is 13.8. The predicted octanol–water partition coefficient (Wildman–Crippen LogP) is 3.97. The standard InChI is InChI=1S/C18H17N3O2S.ClH/c22-17(16-6-3-9-23-16)20-18-19-15(12-24-18)11-21-8-7-13-4-1-2-5-14(13)10-21;/h1-6,9,12H,7-8,10-11H2,(H,19,20,22);1H. The molecule has 2 aromatic heterocycles. The number of aromatic nitrogens is 1. The largest absolute Gasteiger partial charge is 0.459 e. The topological polar surface area (TPSA) is 58.4 Å². The van der Waals surface area contributed by atoms with Gasteiger partial charge in [0.2, 0.25) is 0 Å². The Hall–Kier alpha value is -2.15. The van der Waals surface area contributed by atoms with Gasteiger partial charge in [-0.15, -0.1) is 23.7 Å². The molecule has 1 aromatic carbocycles. The van der Waals surface area contributed by atoms with Crippen molar-refractivity contribution in [2.75, 3.05) is 11.9 Å². The smallest absolute Gasteiger partial charge is 0.293 e. The van der Waals surface area contributed by atoms with Crippen LogP contribution in [0.15, 0.2) is 52.5 Å². The number of halogens is 1. The van der Waals surface area contributed by atoms with E-state index in [0.29, 0.717) is 10.9 Å². The van der Waals surface area contributed by atoms with E-state index >= 15 is 0 Å². The van der Waals surface area contributed by atoms with Crippen LogP contribution in [0, 0.1) is 0 Å². The van der Waals surface area contributed by atoms with Gasteiger partial charge in [-0.25, -0.2) is 4.98 Å². The van der Waals surface area contributed by atoms with Gasteiger partial charge in [0.1, 0.15) is 0 Å². The molecule has 0 unspecified atom stereocenters. The van der Waals surface area contributed by atoms with Gasteiger partial charge in [0.15, 0.2) is 10.9 Å². The molecular weight excluding hydrogens is 358 g/mol. The maximum atomic E-state index is 12.0. The number of hydrogen-bond donors (Lipinski definition) is 1. The van der Waals surface area contributed by atoms with Crippen LogP contribution >= 0.6 is 23.7 Å². The maximum absolute atomic E-state index is 12.0. The van der Waals surface area contributed by atoms with Gasteiger partial charge in [0.25, 0.3) is 5.91 Å². The third kappa shape index (κ3) is 4.10. The Bertz CT molecular complexity index is 848. The van der Waals surface area contributed by atoms with Crippen LogP contribution < -0.4 is 5.32 Å². The highest BCUT2D eigenvalue weighted by molar-refractivity contribution is 7.13. The van der Waals surface area contributed by atoms with Crippen molar-refractivity contribution in [1.82, 2.24) is 9.88 Å². The van der Waals surface area contributed by atoms with E-state index in [1.165, 1.54) is 28.7 Å². The number of nitrogens with one attached hydrogen (secondary N) is 1. The predicted molar refractivity (Wildman–Crippen MR) is 100 cm³/mol. The molecule has 0 aliphatic carbocycles. The highest BCUT2D eigenvalue weighted by Gasteiger charge is 2.17. The van der Waals surface area contributed by atoms with Gasteiger partial charge < -0.3 is 4.42 Å². The van der Waals surface area contributed by atoms with Crippen molar-refractivity contribution >= 4 is 34.8 Å². The quantitative estimate of drug-likeness (QED) is 0.749. The number of thiazole rings is 1. The molecule has 0 bridgehead atoms. The van der Waals surface area contributed by atoms with Crippen LogP contribution in [-0.2, 0) is 19.5 Å². The van der Waals surface area contributed by atoms with E-state index in [4.69, 9.17) is 4.42 Å². The van der Waals surface area contributed by atoms with Crippen LogP contribution in [0.4, 0.5) is 5.13 Å². The van der Waals surface area contributed by atoms with E-state index in [-0.39, 0.29) is 18.3 Å². The van der Waals surface area contributed by atoms with Crippen molar-refractivity contribution in [2.45, 2.75) is 19.5 Å². The van der Waals surface area contributed by atoms with Gasteiger partial charge in [-0.3, -0.25) is 15.0 Å². The SMILES string of the molecule is Cl.O=C(Nc1nc(CN2CCc3ccccc3C2)cs1)c1ccco1. The molecule has 3 aromatic rings. The van der Waals surface area contributed by atoms with E-state index in [2.05, 4.69) is 39.5 Å². The summed E-state index contributed by atoms with van der Waals surface area (Å²) in [6, 6.07) is 11.9. The number of carbonyl (C=O) groups is 1. The zero-order valence-corrected chi connectivity index (χ0v) is 15.1. The lowest BCUT2D eigenvalue weighted by atomic mass is 10.00. The summed E-state index contributed by atoms with van der Waals surface area (Å²) in [6.45, 7) is 2.77. The molecule has 3 heterocycles. The molecule has 0 atom stereocenters. The summed E-state index contributed by atoms with van der Waals surface area (Å²) in [5.41, 5.74) is 3.82. The molecule has 1 amide bonds. The number of anilines is 1. The summed E-state index contributed by atoms with van der Waals surface area (Å²) >= 11 is 1.44. The summed E-state index contributed by atoms with van der Waals surface area (Å²) in [4.78, 5) is 18.9. The molecule has 7 heteroatoms. The van der Waals surface area contributed by atoms with Gasteiger partial charge in [0.05, 0.1) is 12.0 Å². The average Bonchev–Trinajstić information content (AvgIpc) is 3.27. The van der Waals surface area contributed by atoms with Gasteiger partial charge >= 0.3 is 0 Å². The molecule has 0 saturated heterocycles. The minimum atomic E-state index is -0.271. The molecule has 0 saturated carbocycles. The Morgan fingerprint density at radius 1 is 1.24 bits per heavy atom. The van der Waals surface area contributed by atoms with Crippen LogP contribution in [0.3, 0.4) is 0 Å². The van der Waals surface area contributed by atoms with Crippen LogP contribution in [0.25, 0.3) is 0 Å². The maximum Gasteiger partial charge on any atom is 0.293 e. The first kappa shape index (κ1) is 17.7. The molecule has 1 aliphatic rings. The lowest BCUT2D eigenvalue weighted by Crippen LogP contribution is -2.30. The molecule has 25 heavy (non-hydrogen) atoms. The number of amides is 1. The molecule has 0 spiro atoms. The Balaban J connectivity index is 0.00000182. The van der Waals surface area contributed by atoms with E-state index in [9.17, 15) is 4.79 Å². The lowest BCUT2D eigenvalue weighted by Gasteiger charge is -2.27. The summed E-state index contributed by atoms with van der Waals surface area (Å²) in [5, 5.41) is 5.37. The number of benzene rings is 1. The fraction of sp³-hybridized carbons (Fsp3) is 0.222. The van der Waals surface area contributed by atoms with Crippen molar-refractivity contribution < 1.29 is 9.21 Å². The van der Waals surface area contributed by atoms with Gasteiger partial charge in [0, 0.05) is 25.0 Å². The fourth-order valence-electron chi connectivity index (χ4n) is 2.92. The Morgan fingerprint density at radius 3 is 2.88 bits per heavy atom. The number of rotatable bonds is 4. The first-order valence-corrected chi connectivity index (χ1v) is 8.74. The van der Waals surface area contributed by atoms with Crippen LogP contribution in [-0.4, -0.2) is 22.3 Å². The Labute approximate surface area is 156 Å². The molecule has 1 N–H and O–H groups in total. The first-order chi connectivity index (χ1) is 11.8. The van der Waals surface area contributed by atoms with E-state index in [1.807, 2.05) is 5.38 Å². The second-order valence-corrected chi connectivity index (χ2v) is 6.66. The van der Waals surface area contributed by atoms with E-state index in [0.717, 1.165) is 31.7 Å². The van der Waals surface area contributed by atoms with Crippen molar-refractivity contribution in [3.8, 4) is 0 Å². The molecule has 4 rings (SSSR count). The number of furan rings is 1. The Morgan fingerprint density at radius 2 is 2.08 bits per heavy atom. The Kier molecular flexibility index (Phi) is 5.53. The highest BCUT2D eigenvalue weighted by Crippen LogP contribution is 2.22. The first-order valence-electron chi connectivity index (χ1n) is 7.86. The number of fused-ring (bicyclic) bond motifs is 1. The zero-order valence-electron chi connectivity index (χ0n) is 13.5. The number of hydrogen-bond acceptors (Lipinski definition) is 5. The molecule has 0 radical (unpaired) electrons. The fourth-order valence-corrected chi connectivity index (χ4v) is 3.62. The zero-order chi connectivity index (χ0) is 16.4. The minimum absolute atomic E-state index is 0. The average molecular weight is 376 g/mol. The number of nitrogens with zero attached hydrogens (tertiary/aromatic N) is 2. The molecule has 0 fully saturated rings. The molecular formula is C18H18ClN3O2S. The van der Waals surface area contributed by atoms with Gasteiger partial charge in [-0.1, -0.05) is 24.3 Å². The summed E-state index contributed by atoms with van der Waals surface area (Å²) in [5.74, 6) is 0.0205. The number of carbonyl (C=O) groups excluding carboxylic acids is 1. The van der Waals surface area contributed by atoms with Crippen molar-refractivity contribution in [3.05, 3.63) is 70.6 Å².